The van der Waals surface area contributed by atoms with Crippen LogP contribution in [0.1, 0.15) is 44.7 Å². The van der Waals surface area contributed by atoms with Crippen molar-refractivity contribution in [2.45, 2.75) is 59.2 Å². The van der Waals surface area contributed by atoms with E-state index in [0.29, 0.717) is 5.69 Å². The summed E-state index contributed by atoms with van der Waals surface area (Å²) in [5.74, 6) is -0.966. The highest BCUT2D eigenvalue weighted by atomic mass is 32.2. The summed E-state index contributed by atoms with van der Waals surface area (Å²) in [7, 11) is -3.62. The standard InChI is InChI=1S/C25H34FN3O4S/c1-18(2)27-25(31)20(4)28(17-21-10-8-19(3)9-11-21)24(30)7-6-16-29(34(5,32)33)23-14-12-22(26)13-15-23/h8-15,18,20H,6-7,16-17H2,1-5H3,(H,27,31). The Hall–Kier alpha value is -2.94. The Morgan fingerprint density at radius 3 is 2.12 bits per heavy atom. The van der Waals surface area contributed by atoms with Gasteiger partial charge in [0.25, 0.3) is 0 Å². The highest BCUT2D eigenvalue weighted by molar-refractivity contribution is 7.92. The second-order valence-corrected chi connectivity index (χ2v) is 10.7. The second kappa shape index (κ2) is 12.0. The summed E-state index contributed by atoms with van der Waals surface area (Å²) < 4.78 is 39.0. The Morgan fingerprint density at radius 1 is 1.00 bits per heavy atom. The van der Waals surface area contributed by atoms with Crippen LogP contribution in [0.5, 0.6) is 0 Å². The summed E-state index contributed by atoms with van der Waals surface area (Å²) in [5.41, 5.74) is 2.32. The average molecular weight is 492 g/mol. The summed E-state index contributed by atoms with van der Waals surface area (Å²) in [6.07, 6.45) is 1.37. The van der Waals surface area contributed by atoms with E-state index in [2.05, 4.69) is 5.32 Å². The number of carbonyl (C=O) groups is 2. The molecule has 186 valence electrons. The molecule has 0 heterocycles. The maximum Gasteiger partial charge on any atom is 0.242 e. The van der Waals surface area contributed by atoms with E-state index >= 15 is 0 Å². The average Bonchev–Trinajstić information content (AvgIpc) is 2.75. The number of rotatable bonds is 11. The first-order valence-electron chi connectivity index (χ1n) is 11.3. The molecular weight excluding hydrogens is 457 g/mol. The maximum absolute atomic E-state index is 13.3. The lowest BCUT2D eigenvalue weighted by molar-refractivity contribution is -0.140. The molecule has 9 heteroatoms. The summed E-state index contributed by atoms with van der Waals surface area (Å²) in [5, 5.41) is 2.84. The van der Waals surface area contributed by atoms with Crippen LogP contribution in [0.3, 0.4) is 0 Å². The predicted octanol–water partition coefficient (Wildman–Crippen LogP) is 3.62. The lowest BCUT2D eigenvalue weighted by Gasteiger charge is -2.30. The van der Waals surface area contributed by atoms with E-state index in [9.17, 15) is 22.4 Å². The van der Waals surface area contributed by atoms with Gasteiger partial charge in [-0.05, 0) is 63.9 Å². The Kier molecular flexibility index (Phi) is 9.61. The number of sulfonamides is 1. The fourth-order valence-electron chi connectivity index (χ4n) is 3.49. The van der Waals surface area contributed by atoms with E-state index in [4.69, 9.17) is 0 Å². The van der Waals surface area contributed by atoms with Crippen molar-refractivity contribution in [3.8, 4) is 0 Å². The van der Waals surface area contributed by atoms with E-state index in [0.717, 1.165) is 21.7 Å². The van der Waals surface area contributed by atoms with Gasteiger partial charge in [-0.15, -0.1) is 0 Å². The molecule has 2 amide bonds. The number of nitrogens with one attached hydrogen (secondary N) is 1. The van der Waals surface area contributed by atoms with E-state index in [1.165, 1.54) is 29.2 Å². The van der Waals surface area contributed by atoms with Crippen molar-refractivity contribution in [3.63, 3.8) is 0 Å². The molecule has 0 spiro atoms. The molecule has 2 rings (SSSR count). The molecule has 0 aliphatic carbocycles. The molecule has 0 bridgehead atoms. The third-order valence-electron chi connectivity index (χ3n) is 5.34. The van der Waals surface area contributed by atoms with E-state index in [-0.39, 0.29) is 43.8 Å². The SMILES string of the molecule is Cc1ccc(CN(C(=O)CCCN(c2ccc(F)cc2)S(C)(=O)=O)C(C)C(=O)NC(C)C)cc1. The molecule has 2 aromatic carbocycles. The first kappa shape index (κ1) is 27.3. The van der Waals surface area contributed by atoms with Crippen molar-refractivity contribution in [3.05, 3.63) is 65.5 Å². The van der Waals surface area contributed by atoms with E-state index in [1.54, 1.807) is 6.92 Å². The Labute approximate surface area is 202 Å². The minimum Gasteiger partial charge on any atom is -0.352 e. The molecule has 0 saturated heterocycles. The zero-order chi connectivity index (χ0) is 25.5. The summed E-state index contributed by atoms with van der Waals surface area (Å²) in [4.78, 5) is 27.4. The van der Waals surface area contributed by atoms with Crippen LogP contribution >= 0.6 is 0 Å². The number of hydrogen-bond acceptors (Lipinski definition) is 4. The molecule has 7 nitrogen and oxygen atoms in total. The van der Waals surface area contributed by atoms with Crippen LogP contribution in [-0.4, -0.2) is 50.0 Å². The molecule has 34 heavy (non-hydrogen) atoms. The molecule has 1 unspecified atom stereocenters. The molecule has 0 saturated carbocycles. The number of nitrogens with zero attached hydrogens (tertiary/aromatic N) is 2. The minimum atomic E-state index is -3.62. The highest BCUT2D eigenvalue weighted by Gasteiger charge is 2.27. The largest absolute Gasteiger partial charge is 0.352 e. The molecule has 0 aliphatic rings. The van der Waals surface area contributed by atoms with Crippen LogP contribution in [0.2, 0.25) is 0 Å². The van der Waals surface area contributed by atoms with Crippen LogP contribution in [-0.2, 0) is 26.2 Å². The zero-order valence-electron chi connectivity index (χ0n) is 20.4. The van der Waals surface area contributed by atoms with Crippen LogP contribution in [0.15, 0.2) is 48.5 Å². The number of aryl methyl sites for hydroxylation is 1. The lowest BCUT2D eigenvalue weighted by Crippen LogP contribution is -2.49. The van der Waals surface area contributed by atoms with Crippen molar-refractivity contribution in [1.82, 2.24) is 10.2 Å². The third kappa shape index (κ3) is 8.13. The Balaban J connectivity index is 2.15. The number of halogens is 1. The molecule has 2 aromatic rings. The number of amides is 2. The van der Waals surface area contributed by atoms with Gasteiger partial charge in [-0.3, -0.25) is 13.9 Å². The van der Waals surface area contributed by atoms with Crippen molar-refractivity contribution in [2.24, 2.45) is 0 Å². The lowest BCUT2D eigenvalue weighted by atomic mass is 10.1. The highest BCUT2D eigenvalue weighted by Crippen LogP contribution is 2.19. The first-order valence-corrected chi connectivity index (χ1v) is 13.1. The molecular formula is C25H34FN3O4S. The van der Waals surface area contributed by atoms with Crippen LogP contribution < -0.4 is 9.62 Å². The summed E-state index contributed by atoms with van der Waals surface area (Å²) in [6.45, 7) is 7.68. The summed E-state index contributed by atoms with van der Waals surface area (Å²) in [6, 6.07) is 12.1. The zero-order valence-corrected chi connectivity index (χ0v) is 21.2. The molecule has 1 N–H and O–H groups in total. The molecule has 1 atom stereocenters. The summed E-state index contributed by atoms with van der Waals surface area (Å²) >= 11 is 0. The van der Waals surface area contributed by atoms with Gasteiger partial charge in [0, 0.05) is 25.6 Å². The van der Waals surface area contributed by atoms with Gasteiger partial charge < -0.3 is 10.2 Å². The van der Waals surface area contributed by atoms with Gasteiger partial charge >= 0.3 is 0 Å². The van der Waals surface area contributed by atoms with Crippen molar-refractivity contribution >= 4 is 27.5 Å². The third-order valence-corrected chi connectivity index (χ3v) is 6.53. The number of benzene rings is 2. The van der Waals surface area contributed by atoms with Gasteiger partial charge in [0.05, 0.1) is 11.9 Å². The van der Waals surface area contributed by atoms with E-state index < -0.39 is 21.9 Å². The number of anilines is 1. The van der Waals surface area contributed by atoms with Gasteiger partial charge in [0.2, 0.25) is 21.8 Å². The monoisotopic (exact) mass is 491 g/mol. The molecule has 0 radical (unpaired) electrons. The smallest absolute Gasteiger partial charge is 0.242 e. The fourth-order valence-corrected chi connectivity index (χ4v) is 4.45. The van der Waals surface area contributed by atoms with Crippen molar-refractivity contribution in [2.75, 3.05) is 17.1 Å². The quantitative estimate of drug-likeness (QED) is 0.520. The van der Waals surface area contributed by atoms with Crippen LogP contribution in [0.4, 0.5) is 10.1 Å². The van der Waals surface area contributed by atoms with Gasteiger partial charge in [-0.2, -0.15) is 0 Å². The van der Waals surface area contributed by atoms with E-state index in [1.807, 2.05) is 45.0 Å². The van der Waals surface area contributed by atoms with Crippen LogP contribution in [0, 0.1) is 12.7 Å². The number of carbonyl (C=O) groups excluding carboxylic acids is 2. The maximum atomic E-state index is 13.3. The van der Waals surface area contributed by atoms with Gasteiger partial charge in [-0.1, -0.05) is 29.8 Å². The van der Waals surface area contributed by atoms with Crippen molar-refractivity contribution in [1.29, 1.82) is 0 Å². The fraction of sp³-hybridized carbons (Fsp3) is 0.440. The van der Waals surface area contributed by atoms with Gasteiger partial charge in [-0.25, -0.2) is 12.8 Å². The normalized spacial score (nSPS) is 12.3. The minimum absolute atomic E-state index is 0.0539. The Bertz CT molecular complexity index is 1070. The number of hydrogen-bond donors (Lipinski definition) is 1. The second-order valence-electron chi connectivity index (χ2n) is 8.76. The topological polar surface area (TPSA) is 86.8 Å². The Morgan fingerprint density at radius 2 is 1.59 bits per heavy atom. The van der Waals surface area contributed by atoms with Crippen LogP contribution in [0.25, 0.3) is 0 Å². The predicted molar refractivity (Wildman–Crippen MR) is 132 cm³/mol. The first-order chi connectivity index (χ1) is 15.9. The molecule has 0 aliphatic heterocycles. The molecule has 0 aromatic heterocycles. The molecule has 0 fully saturated rings. The van der Waals surface area contributed by atoms with Gasteiger partial charge in [0.15, 0.2) is 0 Å². The van der Waals surface area contributed by atoms with Gasteiger partial charge in [0.1, 0.15) is 11.9 Å². The van der Waals surface area contributed by atoms with Crippen molar-refractivity contribution < 1.29 is 22.4 Å².